The molecule has 3 heterocycles. The minimum atomic E-state index is -0.483. The topological polar surface area (TPSA) is 82.7 Å². The smallest absolute Gasteiger partial charge is 0.324 e. The first kappa shape index (κ1) is 16.7. The lowest BCUT2D eigenvalue weighted by molar-refractivity contribution is 0.262. The van der Waals surface area contributed by atoms with Crippen molar-refractivity contribution in [1.82, 2.24) is 15.0 Å². The summed E-state index contributed by atoms with van der Waals surface area (Å²) < 4.78 is 13.2. The summed E-state index contributed by atoms with van der Waals surface area (Å²) in [5.41, 5.74) is 3.37. The molecule has 4 aromatic rings. The number of anilines is 2. The maximum atomic E-state index is 13.2. The Morgan fingerprint density at radius 2 is 2.00 bits per heavy atom. The number of halogens is 1. The summed E-state index contributed by atoms with van der Waals surface area (Å²) in [5, 5.41) is 6.26. The molecule has 0 aliphatic carbocycles. The number of urea groups is 1. The molecular weight excluding hydrogens is 345 g/mol. The van der Waals surface area contributed by atoms with E-state index < -0.39 is 11.8 Å². The predicted octanol–water partition coefficient (Wildman–Crippen LogP) is 4.33. The molecule has 0 saturated heterocycles. The number of rotatable bonds is 4. The molecule has 0 bridgehead atoms. The van der Waals surface area contributed by atoms with E-state index in [-0.39, 0.29) is 0 Å². The Kier molecular flexibility index (Phi) is 4.49. The Hall–Kier alpha value is -3.74. The molecule has 6 nitrogen and oxygen atoms in total. The standard InChI is InChI=1S/C20H16FN5O/c21-15-3-1-4-16(10-15)25-20(27)26-18-7-6-13(11-23-18)9-14-12-24-19-17(14)5-2-8-22-19/h1-8,10-12H,9H2,(H,22,24)(H2,23,25,26,27). The molecule has 2 amide bonds. The maximum Gasteiger partial charge on any atom is 0.324 e. The molecule has 0 aliphatic heterocycles. The van der Waals surface area contributed by atoms with Gasteiger partial charge in [-0.2, -0.15) is 0 Å². The Balaban J connectivity index is 1.40. The number of hydrogen-bond acceptors (Lipinski definition) is 3. The van der Waals surface area contributed by atoms with Crippen molar-refractivity contribution in [3.63, 3.8) is 0 Å². The summed E-state index contributed by atoms with van der Waals surface area (Å²) in [6, 6.07) is 12.8. The molecule has 4 rings (SSSR count). The SMILES string of the molecule is O=C(Nc1cccc(F)c1)Nc1ccc(Cc2c[nH]c3ncccc23)cn1. The number of amides is 2. The third kappa shape index (κ3) is 3.92. The van der Waals surface area contributed by atoms with Crippen molar-refractivity contribution >= 4 is 28.6 Å². The quantitative estimate of drug-likeness (QED) is 0.506. The molecule has 27 heavy (non-hydrogen) atoms. The molecule has 0 aliphatic rings. The second-order valence-corrected chi connectivity index (χ2v) is 6.03. The number of benzene rings is 1. The van der Waals surface area contributed by atoms with E-state index in [4.69, 9.17) is 0 Å². The number of aromatic amines is 1. The fourth-order valence-corrected chi connectivity index (χ4v) is 2.83. The van der Waals surface area contributed by atoms with Crippen LogP contribution in [0.25, 0.3) is 11.0 Å². The second-order valence-electron chi connectivity index (χ2n) is 6.03. The van der Waals surface area contributed by atoms with Gasteiger partial charge in [0.1, 0.15) is 17.3 Å². The van der Waals surface area contributed by atoms with Crippen molar-refractivity contribution in [3.05, 3.63) is 84.1 Å². The highest BCUT2D eigenvalue weighted by Crippen LogP contribution is 2.19. The van der Waals surface area contributed by atoms with Crippen molar-refractivity contribution in [2.24, 2.45) is 0 Å². The van der Waals surface area contributed by atoms with Gasteiger partial charge in [-0.15, -0.1) is 0 Å². The normalized spacial score (nSPS) is 10.7. The van der Waals surface area contributed by atoms with E-state index in [2.05, 4.69) is 25.6 Å². The monoisotopic (exact) mass is 361 g/mol. The van der Waals surface area contributed by atoms with Gasteiger partial charge in [0, 0.05) is 36.1 Å². The highest BCUT2D eigenvalue weighted by atomic mass is 19.1. The van der Waals surface area contributed by atoms with Gasteiger partial charge in [-0.25, -0.2) is 19.2 Å². The summed E-state index contributed by atoms with van der Waals surface area (Å²) in [6.07, 6.45) is 6.11. The maximum absolute atomic E-state index is 13.2. The van der Waals surface area contributed by atoms with Crippen LogP contribution >= 0.6 is 0 Å². The van der Waals surface area contributed by atoms with Gasteiger partial charge in [0.25, 0.3) is 0 Å². The summed E-state index contributed by atoms with van der Waals surface area (Å²) >= 11 is 0. The fourth-order valence-electron chi connectivity index (χ4n) is 2.83. The van der Waals surface area contributed by atoms with Crippen molar-refractivity contribution in [2.45, 2.75) is 6.42 Å². The number of carbonyl (C=O) groups excluding carboxylic acids is 1. The second kappa shape index (κ2) is 7.25. The van der Waals surface area contributed by atoms with Gasteiger partial charge in [0.05, 0.1) is 0 Å². The van der Waals surface area contributed by atoms with E-state index in [0.717, 1.165) is 22.2 Å². The summed E-state index contributed by atoms with van der Waals surface area (Å²) in [6.45, 7) is 0. The first-order valence-corrected chi connectivity index (χ1v) is 8.37. The molecule has 0 spiro atoms. The van der Waals surface area contributed by atoms with Crippen LogP contribution in [0.4, 0.5) is 20.7 Å². The van der Waals surface area contributed by atoms with Crippen LogP contribution in [0.15, 0.2) is 67.1 Å². The van der Waals surface area contributed by atoms with Gasteiger partial charge in [-0.1, -0.05) is 12.1 Å². The third-order valence-electron chi connectivity index (χ3n) is 4.08. The number of nitrogens with one attached hydrogen (secondary N) is 3. The lowest BCUT2D eigenvalue weighted by Crippen LogP contribution is -2.20. The van der Waals surface area contributed by atoms with Crippen LogP contribution in [0.3, 0.4) is 0 Å². The molecule has 0 fully saturated rings. The van der Waals surface area contributed by atoms with Crippen LogP contribution in [0.2, 0.25) is 0 Å². The van der Waals surface area contributed by atoms with Gasteiger partial charge >= 0.3 is 6.03 Å². The molecule has 7 heteroatoms. The number of H-pyrrole nitrogens is 1. The van der Waals surface area contributed by atoms with E-state index in [1.54, 1.807) is 24.5 Å². The highest BCUT2D eigenvalue weighted by Gasteiger charge is 2.07. The van der Waals surface area contributed by atoms with Crippen LogP contribution < -0.4 is 10.6 Å². The van der Waals surface area contributed by atoms with Crippen LogP contribution in [0.5, 0.6) is 0 Å². The van der Waals surface area contributed by atoms with Gasteiger partial charge in [0.2, 0.25) is 0 Å². The lowest BCUT2D eigenvalue weighted by Gasteiger charge is -2.08. The van der Waals surface area contributed by atoms with Crippen molar-refractivity contribution in [3.8, 4) is 0 Å². The number of aromatic nitrogens is 3. The molecular formula is C20H16FN5O. The van der Waals surface area contributed by atoms with Crippen molar-refractivity contribution in [2.75, 3.05) is 10.6 Å². The molecule has 3 N–H and O–H groups in total. The Morgan fingerprint density at radius 3 is 2.81 bits per heavy atom. The van der Waals surface area contributed by atoms with Crippen molar-refractivity contribution < 1.29 is 9.18 Å². The van der Waals surface area contributed by atoms with Crippen LogP contribution in [0.1, 0.15) is 11.1 Å². The van der Waals surface area contributed by atoms with Crippen LogP contribution in [-0.2, 0) is 6.42 Å². The average Bonchev–Trinajstić information content (AvgIpc) is 3.06. The Bertz CT molecular complexity index is 1090. The zero-order valence-electron chi connectivity index (χ0n) is 14.2. The number of carbonyl (C=O) groups is 1. The lowest BCUT2D eigenvalue weighted by atomic mass is 10.1. The van der Waals surface area contributed by atoms with E-state index in [9.17, 15) is 9.18 Å². The minimum Gasteiger partial charge on any atom is -0.346 e. The summed E-state index contributed by atoms with van der Waals surface area (Å²) in [4.78, 5) is 23.7. The van der Waals surface area contributed by atoms with Crippen molar-refractivity contribution in [1.29, 1.82) is 0 Å². The Labute approximate surface area is 154 Å². The van der Waals surface area contributed by atoms with Crippen LogP contribution in [-0.4, -0.2) is 21.0 Å². The average molecular weight is 361 g/mol. The van der Waals surface area contributed by atoms with E-state index >= 15 is 0 Å². The number of hydrogen-bond donors (Lipinski definition) is 3. The van der Waals surface area contributed by atoms with E-state index in [1.807, 2.05) is 24.4 Å². The third-order valence-corrected chi connectivity index (χ3v) is 4.08. The highest BCUT2D eigenvalue weighted by molar-refractivity contribution is 5.99. The number of nitrogens with zero attached hydrogens (tertiary/aromatic N) is 2. The largest absolute Gasteiger partial charge is 0.346 e. The number of fused-ring (bicyclic) bond motifs is 1. The number of pyridine rings is 2. The zero-order chi connectivity index (χ0) is 18.6. The molecule has 1 aromatic carbocycles. The zero-order valence-corrected chi connectivity index (χ0v) is 14.2. The molecule has 0 unspecified atom stereocenters. The molecule has 3 aromatic heterocycles. The van der Waals surface area contributed by atoms with Crippen LogP contribution in [0, 0.1) is 5.82 Å². The Morgan fingerprint density at radius 1 is 1.07 bits per heavy atom. The van der Waals surface area contributed by atoms with Gasteiger partial charge in [-0.05, 0) is 47.5 Å². The molecule has 134 valence electrons. The molecule has 0 saturated carbocycles. The first-order valence-electron chi connectivity index (χ1n) is 8.37. The first-order chi connectivity index (χ1) is 13.2. The minimum absolute atomic E-state index is 0.372. The van der Waals surface area contributed by atoms with E-state index in [0.29, 0.717) is 17.9 Å². The van der Waals surface area contributed by atoms with E-state index in [1.165, 1.54) is 18.2 Å². The van der Waals surface area contributed by atoms with Gasteiger partial charge in [0.15, 0.2) is 0 Å². The predicted molar refractivity (Wildman–Crippen MR) is 102 cm³/mol. The summed E-state index contributed by atoms with van der Waals surface area (Å²) in [7, 11) is 0. The van der Waals surface area contributed by atoms with Gasteiger partial charge < -0.3 is 10.3 Å². The molecule has 0 atom stereocenters. The fraction of sp³-hybridized carbons (Fsp3) is 0.0500. The molecule has 0 radical (unpaired) electrons. The summed E-state index contributed by atoms with van der Waals surface area (Å²) in [5.74, 6) is -0.00370. The van der Waals surface area contributed by atoms with Gasteiger partial charge in [-0.3, -0.25) is 5.32 Å².